The van der Waals surface area contributed by atoms with Crippen molar-refractivity contribution in [2.75, 3.05) is 10.7 Å². The van der Waals surface area contributed by atoms with Crippen molar-refractivity contribution in [3.8, 4) is 11.5 Å². The predicted molar refractivity (Wildman–Crippen MR) is 113 cm³/mol. The molecular weight excluding hydrogens is 511 g/mol. The van der Waals surface area contributed by atoms with E-state index in [0.29, 0.717) is 5.56 Å². The van der Waals surface area contributed by atoms with Gasteiger partial charge in [-0.05, 0) is 42.0 Å². The third-order valence-corrected chi connectivity index (χ3v) is 3.99. The van der Waals surface area contributed by atoms with Crippen molar-refractivity contribution < 1.29 is 40.2 Å². The van der Waals surface area contributed by atoms with E-state index >= 15 is 0 Å². The average Bonchev–Trinajstić information content (AvgIpc) is 2.73. The molecule has 0 fully saturated rings. The van der Waals surface area contributed by atoms with Crippen LogP contribution in [0.4, 0.5) is 48.2 Å². The van der Waals surface area contributed by atoms with E-state index in [9.17, 15) is 30.7 Å². The molecule has 0 saturated heterocycles. The molecule has 2 aromatic carbocycles. The van der Waals surface area contributed by atoms with Gasteiger partial charge in [-0.2, -0.15) is 32.6 Å². The van der Waals surface area contributed by atoms with Crippen molar-refractivity contribution in [2.24, 2.45) is 5.10 Å². The lowest BCUT2D eigenvalue weighted by Crippen LogP contribution is -2.33. The summed E-state index contributed by atoms with van der Waals surface area (Å²) >= 11 is 5.94. The number of aromatic nitrogens is 2. The summed E-state index contributed by atoms with van der Waals surface area (Å²) in [6.45, 7) is 0. The summed E-state index contributed by atoms with van der Waals surface area (Å²) in [4.78, 5) is 7.95. The minimum Gasteiger partial charge on any atom is -0.428 e. The quantitative estimate of drug-likeness (QED) is 0.145. The summed E-state index contributed by atoms with van der Waals surface area (Å²) in [7, 11) is 0. The van der Waals surface area contributed by atoms with E-state index in [0.717, 1.165) is 24.3 Å². The highest BCUT2D eigenvalue weighted by Gasteiger charge is 2.44. The number of hydrogen-bond donors (Lipinski definition) is 2. The molecule has 35 heavy (non-hydrogen) atoms. The first-order valence-corrected chi connectivity index (χ1v) is 9.69. The monoisotopic (exact) mass is 523 g/mol. The van der Waals surface area contributed by atoms with Crippen molar-refractivity contribution >= 4 is 35.3 Å². The van der Waals surface area contributed by atoms with Gasteiger partial charge in [0.05, 0.1) is 6.21 Å². The van der Waals surface area contributed by atoms with Crippen LogP contribution in [0, 0.1) is 0 Å². The van der Waals surface area contributed by atoms with E-state index in [1.165, 1.54) is 36.5 Å². The maximum absolute atomic E-state index is 13.1. The van der Waals surface area contributed by atoms with Crippen LogP contribution in [0.2, 0.25) is 5.15 Å². The van der Waals surface area contributed by atoms with Crippen molar-refractivity contribution in [1.82, 2.24) is 9.97 Å². The van der Waals surface area contributed by atoms with Crippen LogP contribution in [0.25, 0.3) is 0 Å². The molecule has 0 aliphatic carbocycles. The Balaban J connectivity index is 1.66. The summed E-state index contributed by atoms with van der Waals surface area (Å²) in [5.74, 6) is -0.919. The second-order valence-electron chi connectivity index (χ2n) is 6.50. The number of halogens is 8. The lowest BCUT2D eigenvalue weighted by Gasteiger charge is -2.17. The van der Waals surface area contributed by atoms with Crippen molar-refractivity contribution in [3.63, 3.8) is 0 Å². The largest absolute Gasteiger partial charge is 0.573 e. The van der Waals surface area contributed by atoms with Gasteiger partial charge in [0.25, 0.3) is 0 Å². The summed E-state index contributed by atoms with van der Waals surface area (Å²) in [5, 5.41) is 6.54. The number of anilines is 3. The molecule has 7 nitrogen and oxygen atoms in total. The molecule has 3 aromatic rings. The SMILES string of the molecule is FC(F)C(F)(F)Oc1cccc(Nc2cc(Cl)nc(N/N=C/c3ccc(OC(F)(F)F)cc3)n2)c1. The van der Waals surface area contributed by atoms with E-state index in [1.807, 2.05) is 0 Å². The molecule has 0 aliphatic rings. The standard InChI is InChI=1S/C20H13ClF7N5O2/c21-15-9-16(30-12-2-1-3-14(8-12)34-19(24,25)17(22)23)32-18(31-15)33-29-10-11-4-6-13(7-5-11)35-20(26,27)28/h1-10,17H,(H2,30,31,32,33)/b29-10+. The van der Waals surface area contributed by atoms with Gasteiger partial charge in [-0.1, -0.05) is 17.7 Å². The lowest BCUT2D eigenvalue weighted by atomic mass is 10.2. The smallest absolute Gasteiger partial charge is 0.428 e. The van der Waals surface area contributed by atoms with E-state index in [4.69, 9.17) is 11.6 Å². The van der Waals surface area contributed by atoms with Crippen LogP contribution in [0.5, 0.6) is 11.5 Å². The molecule has 15 heteroatoms. The fraction of sp³-hybridized carbons (Fsp3) is 0.150. The Morgan fingerprint density at radius 3 is 2.29 bits per heavy atom. The van der Waals surface area contributed by atoms with Crippen molar-refractivity contribution in [3.05, 3.63) is 65.3 Å². The maximum Gasteiger partial charge on any atom is 0.573 e. The van der Waals surface area contributed by atoms with E-state index in [-0.39, 0.29) is 22.6 Å². The number of nitrogens with zero attached hydrogens (tertiary/aromatic N) is 3. The van der Waals surface area contributed by atoms with Gasteiger partial charge in [0.2, 0.25) is 5.95 Å². The molecular formula is C20H13ClF7N5O2. The van der Waals surface area contributed by atoms with Gasteiger partial charge < -0.3 is 14.8 Å². The molecule has 1 aromatic heterocycles. The highest BCUT2D eigenvalue weighted by atomic mass is 35.5. The van der Waals surface area contributed by atoms with E-state index in [2.05, 4.69) is 35.3 Å². The maximum atomic E-state index is 13.1. The van der Waals surface area contributed by atoms with Crippen molar-refractivity contribution in [1.29, 1.82) is 0 Å². The molecule has 0 bridgehead atoms. The molecule has 0 saturated carbocycles. The third-order valence-electron chi connectivity index (χ3n) is 3.80. The number of hydrazone groups is 1. The Hall–Kier alpha value is -3.81. The number of rotatable bonds is 9. The van der Waals surface area contributed by atoms with Crippen LogP contribution in [-0.2, 0) is 0 Å². The fourth-order valence-corrected chi connectivity index (χ4v) is 2.62. The molecule has 186 valence electrons. The summed E-state index contributed by atoms with van der Waals surface area (Å²) < 4.78 is 95.3. The number of nitrogens with one attached hydrogen (secondary N) is 2. The van der Waals surface area contributed by atoms with Gasteiger partial charge in [0.1, 0.15) is 22.5 Å². The summed E-state index contributed by atoms with van der Waals surface area (Å²) in [6, 6.07) is 11.0. The third kappa shape index (κ3) is 8.17. The van der Waals surface area contributed by atoms with Gasteiger partial charge in [0, 0.05) is 17.8 Å². The average molecular weight is 524 g/mol. The van der Waals surface area contributed by atoms with Crippen LogP contribution in [0.1, 0.15) is 5.56 Å². The first-order chi connectivity index (χ1) is 16.4. The van der Waals surface area contributed by atoms with Gasteiger partial charge in [-0.25, -0.2) is 5.43 Å². The van der Waals surface area contributed by atoms with Crippen LogP contribution >= 0.6 is 11.6 Å². The number of hydrogen-bond acceptors (Lipinski definition) is 7. The van der Waals surface area contributed by atoms with Crippen LogP contribution in [-0.4, -0.2) is 35.1 Å². The highest BCUT2D eigenvalue weighted by molar-refractivity contribution is 6.29. The lowest BCUT2D eigenvalue weighted by molar-refractivity contribution is -0.274. The zero-order valence-electron chi connectivity index (χ0n) is 17.0. The Labute approximate surface area is 197 Å². The van der Waals surface area contributed by atoms with Crippen LogP contribution in [0.15, 0.2) is 59.7 Å². The topological polar surface area (TPSA) is 80.7 Å². The molecule has 2 N–H and O–H groups in total. The van der Waals surface area contributed by atoms with Gasteiger partial charge >= 0.3 is 18.9 Å². The molecule has 3 rings (SSSR count). The zero-order valence-corrected chi connectivity index (χ0v) is 17.8. The van der Waals surface area contributed by atoms with Crippen LogP contribution < -0.4 is 20.2 Å². The molecule has 1 heterocycles. The van der Waals surface area contributed by atoms with Crippen LogP contribution in [0.3, 0.4) is 0 Å². The van der Waals surface area contributed by atoms with E-state index in [1.54, 1.807) is 0 Å². The van der Waals surface area contributed by atoms with E-state index < -0.39 is 30.4 Å². The Morgan fingerprint density at radius 1 is 0.914 bits per heavy atom. The predicted octanol–water partition coefficient (Wildman–Crippen LogP) is 6.45. The molecule has 0 amide bonds. The molecule has 0 atom stereocenters. The summed E-state index contributed by atoms with van der Waals surface area (Å²) in [6.07, 6.45) is -12.2. The van der Waals surface area contributed by atoms with Gasteiger partial charge in [0.15, 0.2) is 0 Å². The first kappa shape index (κ1) is 25.8. The van der Waals surface area contributed by atoms with Crippen molar-refractivity contribution in [2.45, 2.75) is 18.9 Å². The molecule has 0 radical (unpaired) electrons. The number of alkyl halides is 7. The second-order valence-corrected chi connectivity index (χ2v) is 6.89. The molecule has 0 aliphatic heterocycles. The van der Waals surface area contributed by atoms with Gasteiger partial charge in [-0.3, -0.25) is 0 Å². The number of benzene rings is 2. The fourth-order valence-electron chi connectivity index (χ4n) is 2.44. The minimum atomic E-state index is -4.81. The van der Waals surface area contributed by atoms with Gasteiger partial charge in [-0.15, -0.1) is 13.2 Å². The minimum absolute atomic E-state index is 0.0366. The normalized spacial score (nSPS) is 12.1. The molecule has 0 spiro atoms. The highest BCUT2D eigenvalue weighted by Crippen LogP contribution is 2.30. The Bertz CT molecular complexity index is 1180. The Morgan fingerprint density at radius 2 is 1.63 bits per heavy atom. The summed E-state index contributed by atoms with van der Waals surface area (Å²) in [5.41, 5.74) is 3.06. The second kappa shape index (κ2) is 10.6. The number of ether oxygens (including phenoxy) is 2. The zero-order chi connectivity index (χ0) is 25.6. The Kier molecular flexibility index (Phi) is 7.84. The first-order valence-electron chi connectivity index (χ1n) is 9.31. The molecule has 0 unspecified atom stereocenters.